The first kappa shape index (κ1) is 15.7. The first-order chi connectivity index (χ1) is 12.3. The lowest BCUT2D eigenvalue weighted by atomic mass is 10.2. The van der Waals surface area contributed by atoms with E-state index in [0.29, 0.717) is 24.7 Å². The molecule has 0 saturated carbocycles. The second kappa shape index (κ2) is 6.94. The lowest BCUT2D eigenvalue weighted by molar-refractivity contribution is -0.124. The number of amides is 1. The van der Waals surface area contributed by atoms with E-state index in [-0.39, 0.29) is 12.0 Å². The number of pyridine rings is 1. The fourth-order valence-electron chi connectivity index (χ4n) is 2.88. The minimum absolute atomic E-state index is 0.102. The molecule has 0 bridgehead atoms. The van der Waals surface area contributed by atoms with Crippen molar-refractivity contribution >= 4 is 17.2 Å². The largest absolute Gasteiger partial charge is 0.487 e. The zero-order valence-electron chi connectivity index (χ0n) is 13.7. The van der Waals surface area contributed by atoms with Crippen LogP contribution in [0.15, 0.2) is 54.9 Å². The van der Waals surface area contributed by atoms with E-state index < -0.39 is 0 Å². The quantitative estimate of drug-likeness (QED) is 0.777. The summed E-state index contributed by atoms with van der Waals surface area (Å²) in [6.45, 7) is 1.02. The van der Waals surface area contributed by atoms with Gasteiger partial charge in [-0.1, -0.05) is 12.1 Å². The Balaban J connectivity index is 1.39. The first-order valence-corrected chi connectivity index (χ1v) is 8.36. The summed E-state index contributed by atoms with van der Waals surface area (Å²) in [6, 6.07) is 13.2. The maximum atomic E-state index is 12.1. The number of benzene rings is 1. The van der Waals surface area contributed by atoms with Crippen LogP contribution in [-0.2, 0) is 16.1 Å². The number of carbonyl (C=O) groups excluding carboxylic acids is 1. The summed E-state index contributed by atoms with van der Waals surface area (Å²) in [5, 5.41) is 2.88. The summed E-state index contributed by atoms with van der Waals surface area (Å²) >= 11 is 0. The van der Waals surface area contributed by atoms with E-state index in [0.717, 1.165) is 24.2 Å². The molecule has 1 amide bonds. The average molecular weight is 337 g/mol. The van der Waals surface area contributed by atoms with E-state index in [4.69, 9.17) is 9.47 Å². The molecule has 3 heterocycles. The molecule has 6 heteroatoms. The number of aromatic nitrogens is 2. The number of anilines is 1. The van der Waals surface area contributed by atoms with Gasteiger partial charge in [0.1, 0.15) is 24.1 Å². The molecule has 1 fully saturated rings. The Morgan fingerprint density at radius 3 is 3.12 bits per heavy atom. The molecule has 1 saturated heterocycles. The number of imidazole rings is 1. The van der Waals surface area contributed by atoms with E-state index >= 15 is 0 Å². The molecule has 1 atom stereocenters. The molecule has 0 unspecified atom stereocenters. The molecule has 25 heavy (non-hydrogen) atoms. The van der Waals surface area contributed by atoms with Crippen LogP contribution < -0.4 is 10.1 Å². The van der Waals surface area contributed by atoms with Crippen molar-refractivity contribution in [3.05, 3.63) is 60.6 Å². The van der Waals surface area contributed by atoms with Crippen molar-refractivity contribution in [2.24, 2.45) is 0 Å². The summed E-state index contributed by atoms with van der Waals surface area (Å²) in [4.78, 5) is 16.6. The molecule has 0 radical (unpaired) electrons. The molecule has 4 rings (SSSR count). The van der Waals surface area contributed by atoms with Crippen LogP contribution in [0.25, 0.3) is 5.65 Å². The SMILES string of the molecule is O=C(Nc1cccc(OCc2cn3ccccc3n2)c1)[C@@H]1CCCO1. The predicted molar refractivity (Wildman–Crippen MR) is 93.6 cm³/mol. The molecule has 1 aliphatic rings. The molecule has 128 valence electrons. The van der Waals surface area contributed by atoms with E-state index in [1.54, 1.807) is 0 Å². The number of nitrogens with one attached hydrogen (secondary N) is 1. The summed E-state index contributed by atoms with van der Waals surface area (Å²) in [5.41, 5.74) is 2.44. The number of ether oxygens (including phenoxy) is 2. The van der Waals surface area contributed by atoms with Gasteiger partial charge < -0.3 is 19.2 Å². The summed E-state index contributed by atoms with van der Waals surface area (Å²) in [7, 11) is 0. The highest BCUT2D eigenvalue weighted by atomic mass is 16.5. The van der Waals surface area contributed by atoms with E-state index in [2.05, 4.69) is 10.3 Å². The molecule has 1 aromatic carbocycles. The Bertz CT molecular complexity index is 851. The molecule has 2 aromatic heterocycles. The normalized spacial score (nSPS) is 16.9. The fourth-order valence-corrected chi connectivity index (χ4v) is 2.88. The number of nitrogens with zero attached hydrogens (tertiary/aromatic N) is 2. The van der Waals surface area contributed by atoms with Crippen molar-refractivity contribution in [3.63, 3.8) is 0 Å². The van der Waals surface area contributed by atoms with Crippen molar-refractivity contribution in [3.8, 4) is 5.75 Å². The maximum Gasteiger partial charge on any atom is 0.253 e. The van der Waals surface area contributed by atoms with E-state index in [1.807, 2.05) is 59.3 Å². The zero-order valence-corrected chi connectivity index (χ0v) is 13.7. The number of rotatable bonds is 5. The monoisotopic (exact) mass is 337 g/mol. The van der Waals surface area contributed by atoms with Crippen molar-refractivity contribution in [2.45, 2.75) is 25.6 Å². The van der Waals surface area contributed by atoms with Gasteiger partial charge in [-0.15, -0.1) is 0 Å². The Morgan fingerprint density at radius 1 is 1.32 bits per heavy atom. The third-order valence-electron chi connectivity index (χ3n) is 4.12. The van der Waals surface area contributed by atoms with Gasteiger partial charge in [0.2, 0.25) is 0 Å². The van der Waals surface area contributed by atoms with Gasteiger partial charge in [-0.25, -0.2) is 4.98 Å². The Hall–Kier alpha value is -2.86. The van der Waals surface area contributed by atoms with Crippen LogP contribution in [0, 0.1) is 0 Å². The van der Waals surface area contributed by atoms with Gasteiger partial charge in [0.05, 0.1) is 5.69 Å². The van der Waals surface area contributed by atoms with Crippen LogP contribution in [0.1, 0.15) is 18.5 Å². The van der Waals surface area contributed by atoms with Crippen molar-refractivity contribution in [2.75, 3.05) is 11.9 Å². The van der Waals surface area contributed by atoms with E-state index in [9.17, 15) is 4.79 Å². The summed E-state index contributed by atoms with van der Waals surface area (Å²) in [5.74, 6) is 0.581. The highest BCUT2D eigenvalue weighted by Crippen LogP contribution is 2.20. The highest BCUT2D eigenvalue weighted by molar-refractivity contribution is 5.94. The van der Waals surface area contributed by atoms with Crippen molar-refractivity contribution in [1.29, 1.82) is 0 Å². The maximum absolute atomic E-state index is 12.1. The van der Waals surface area contributed by atoms with E-state index in [1.165, 1.54) is 0 Å². The van der Waals surface area contributed by atoms with Crippen LogP contribution in [0.2, 0.25) is 0 Å². The minimum Gasteiger partial charge on any atom is -0.487 e. The topological polar surface area (TPSA) is 64.9 Å². The molecule has 1 aliphatic heterocycles. The van der Waals surface area contributed by atoms with Gasteiger partial charge in [-0.3, -0.25) is 4.79 Å². The predicted octanol–water partition coefficient (Wildman–Crippen LogP) is 3.03. The van der Waals surface area contributed by atoms with Gasteiger partial charge >= 0.3 is 0 Å². The molecule has 6 nitrogen and oxygen atoms in total. The number of hydrogen-bond donors (Lipinski definition) is 1. The average Bonchev–Trinajstić information content (AvgIpc) is 3.29. The standard InChI is InChI=1S/C19H19N3O3/c23-19(17-7-4-10-24-17)21-14-5-3-6-16(11-14)25-13-15-12-22-9-2-1-8-18(22)20-15/h1-3,5-6,8-9,11-12,17H,4,7,10,13H2,(H,21,23)/t17-/m0/s1. The second-order valence-electron chi connectivity index (χ2n) is 6.01. The van der Waals surface area contributed by atoms with Crippen LogP contribution in [0.5, 0.6) is 5.75 Å². The highest BCUT2D eigenvalue weighted by Gasteiger charge is 2.23. The van der Waals surface area contributed by atoms with Gasteiger partial charge in [-0.05, 0) is 37.1 Å². The van der Waals surface area contributed by atoms with Gasteiger partial charge in [-0.2, -0.15) is 0 Å². The molecule has 0 spiro atoms. The van der Waals surface area contributed by atoms with Gasteiger partial charge in [0, 0.05) is 30.8 Å². The van der Waals surface area contributed by atoms with Gasteiger partial charge in [0.15, 0.2) is 0 Å². The molecule has 1 N–H and O–H groups in total. The molecule has 0 aliphatic carbocycles. The third-order valence-corrected chi connectivity index (χ3v) is 4.12. The van der Waals surface area contributed by atoms with Gasteiger partial charge in [0.25, 0.3) is 5.91 Å². The van der Waals surface area contributed by atoms with Crippen molar-refractivity contribution < 1.29 is 14.3 Å². The number of fused-ring (bicyclic) bond motifs is 1. The molecular formula is C19H19N3O3. The lowest BCUT2D eigenvalue weighted by Gasteiger charge is -2.11. The lowest BCUT2D eigenvalue weighted by Crippen LogP contribution is -2.26. The number of hydrogen-bond acceptors (Lipinski definition) is 4. The second-order valence-corrected chi connectivity index (χ2v) is 6.01. The third kappa shape index (κ3) is 3.64. The van der Waals surface area contributed by atoms with Crippen LogP contribution >= 0.6 is 0 Å². The summed E-state index contributed by atoms with van der Waals surface area (Å²) in [6.07, 6.45) is 5.25. The minimum atomic E-state index is -0.345. The summed E-state index contributed by atoms with van der Waals surface area (Å²) < 4.78 is 13.2. The Kier molecular flexibility index (Phi) is 4.35. The van der Waals surface area contributed by atoms with Crippen LogP contribution in [-0.4, -0.2) is 28.0 Å². The number of carbonyl (C=O) groups is 1. The smallest absolute Gasteiger partial charge is 0.253 e. The first-order valence-electron chi connectivity index (χ1n) is 8.36. The van der Waals surface area contributed by atoms with Crippen LogP contribution in [0.4, 0.5) is 5.69 Å². The fraction of sp³-hybridized carbons (Fsp3) is 0.263. The van der Waals surface area contributed by atoms with Crippen molar-refractivity contribution in [1.82, 2.24) is 9.38 Å². The zero-order chi connectivity index (χ0) is 17.1. The van der Waals surface area contributed by atoms with Crippen LogP contribution in [0.3, 0.4) is 0 Å². The Labute approximate surface area is 145 Å². The molecular weight excluding hydrogens is 318 g/mol. The molecule has 3 aromatic rings. The Morgan fingerprint density at radius 2 is 2.28 bits per heavy atom.